The highest BCUT2D eigenvalue weighted by molar-refractivity contribution is 7.89. The average molecular weight is 576 g/mol. The number of aromatic carboxylic acids is 1. The second-order valence-electron chi connectivity index (χ2n) is 8.80. The normalized spacial score (nSPS) is 13.9. The first-order chi connectivity index (χ1) is 18.3. The summed E-state index contributed by atoms with van der Waals surface area (Å²) < 4.78 is 23.1. The predicted octanol–water partition coefficient (Wildman–Crippen LogP) is 1.55. The number of nitrogens with one attached hydrogen (secondary N) is 2. The number of anilines is 3. The van der Waals surface area contributed by atoms with Crippen molar-refractivity contribution in [2.45, 2.75) is 38.3 Å². The van der Waals surface area contributed by atoms with Gasteiger partial charge in [0.15, 0.2) is 5.13 Å². The lowest BCUT2D eigenvalue weighted by atomic mass is 10.0. The molecule has 0 saturated carbocycles. The summed E-state index contributed by atoms with van der Waals surface area (Å²) in [7, 11) is -3.84. The number of aromatic nitrogens is 3. The molecule has 1 atom stereocenters. The van der Waals surface area contributed by atoms with Gasteiger partial charge in [0.1, 0.15) is 16.6 Å². The molecule has 1 unspecified atom stereocenters. The van der Waals surface area contributed by atoms with Crippen molar-refractivity contribution in [3.8, 4) is 0 Å². The van der Waals surface area contributed by atoms with E-state index in [1.807, 2.05) is 0 Å². The molecule has 3 aromatic rings. The molecular weight excluding hydrogens is 550 g/mol. The summed E-state index contributed by atoms with van der Waals surface area (Å²) >= 11 is 0.939. The maximum absolute atomic E-state index is 12.7. The number of aliphatic carboxylic acids is 1. The van der Waals surface area contributed by atoms with E-state index in [1.54, 1.807) is 19.1 Å². The molecule has 4 rings (SSSR count). The minimum atomic E-state index is -3.84. The molecule has 0 aliphatic carbocycles. The smallest absolute Gasteiger partial charge is 0.347 e. The van der Waals surface area contributed by atoms with E-state index in [9.17, 15) is 33.0 Å². The van der Waals surface area contributed by atoms with Gasteiger partial charge in [0.25, 0.3) is 0 Å². The molecule has 6 N–H and O–H groups in total. The Bertz CT molecular complexity index is 1560. The van der Waals surface area contributed by atoms with Gasteiger partial charge in [-0.05, 0) is 31.5 Å². The van der Waals surface area contributed by atoms with Gasteiger partial charge < -0.3 is 20.4 Å². The molecule has 0 spiro atoms. The maximum Gasteiger partial charge on any atom is 0.347 e. The average Bonchev–Trinajstić information content (AvgIpc) is 3.25. The molecule has 0 fully saturated rings. The standard InChI is InChI=1S/C23H25N7O7S2/c1-11(20(32)33)19(31)30-8-7-16-15(10-30)18(25-9-13-3-5-14(6-4-13)39(24,36)37)28-22(27-16)29-23-26-12(2)17(38-23)21(34)35/h3-6,11H,7-10H2,1-2H3,(H,32,33)(H,34,35)(H2,24,36,37)(H2,25,26,27,28,29). The zero-order valence-corrected chi connectivity index (χ0v) is 22.5. The van der Waals surface area contributed by atoms with Crippen LogP contribution in [0, 0.1) is 12.8 Å². The first-order valence-electron chi connectivity index (χ1n) is 11.6. The van der Waals surface area contributed by atoms with E-state index in [-0.39, 0.29) is 40.5 Å². The Morgan fingerprint density at radius 1 is 1.15 bits per heavy atom. The Morgan fingerprint density at radius 3 is 2.44 bits per heavy atom. The van der Waals surface area contributed by atoms with Crippen LogP contribution in [0.15, 0.2) is 29.2 Å². The van der Waals surface area contributed by atoms with Crippen LogP contribution in [-0.4, -0.2) is 62.9 Å². The quantitative estimate of drug-likeness (QED) is 0.230. The summed E-state index contributed by atoms with van der Waals surface area (Å²) in [4.78, 5) is 50.2. The van der Waals surface area contributed by atoms with Crippen LogP contribution in [0.3, 0.4) is 0 Å². The third kappa shape index (κ3) is 6.30. The Balaban J connectivity index is 1.64. The van der Waals surface area contributed by atoms with Crippen molar-refractivity contribution in [3.63, 3.8) is 0 Å². The largest absolute Gasteiger partial charge is 0.481 e. The van der Waals surface area contributed by atoms with Gasteiger partial charge in [-0.2, -0.15) is 4.98 Å². The van der Waals surface area contributed by atoms with Crippen LogP contribution in [-0.2, 0) is 39.1 Å². The first-order valence-corrected chi connectivity index (χ1v) is 13.9. The van der Waals surface area contributed by atoms with E-state index in [0.717, 1.165) is 11.3 Å². The van der Waals surface area contributed by atoms with E-state index >= 15 is 0 Å². The van der Waals surface area contributed by atoms with Gasteiger partial charge in [-0.3, -0.25) is 14.9 Å². The van der Waals surface area contributed by atoms with Crippen molar-refractivity contribution >= 4 is 56.1 Å². The fourth-order valence-corrected chi connectivity index (χ4v) is 5.22. The van der Waals surface area contributed by atoms with Crippen LogP contribution in [0.1, 0.15) is 39.1 Å². The van der Waals surface area contributed by atoms with Crippen molar-refractivity contribution in [2.24, 2.45) is 11.1 Å². The monoisotopic (exact) mass is 575 g/mol. The maximum atomic E-state index is 12.7. The van der Waals surface area contributed by atoms with Crippen molar-refractivity contribution in [1.82, 2.24) is 19.9 Å². The molecule has 206 valence electrons. The van der Waals surface area contributed by atoms with Crippen LogP contribution in [0.2, 0.25) is 0 Å². The third-order valence-electron chi connectivity index (χ3n) is 6.03. The summed E-state index contributed by atoms with van der Waals surface area (Å²) in [6.07, 6.45) is 0.333. The number of aryl methyl sites for hydroxylation is 1. The van der Waals surface area contributed by atoms with E-state index < -0.39 is 33.8 Å². The minimum absolute atomic E-state index is 0.0293. The number of carboxylic acids is 2. The van der Waals surface area contributed by atoms with Crippen LogP contribution in [0.4, 0.5) is 16.9 Å². The molecule has 1 aliphatic rings. The van der Waals surface area contributed by atoms with E-state index in [4.69, 9.17) is 5.14 Å². The molecule has 0 bridgehead atoms. The van der Waals surface area contributed by atoms with Crippen molar-refractivity contribution in [3.05, 3.63) is 51.7 Å². The van der Waals surface area contributed by atoms with Gasteiger partial charge in [-0.15, -0.1) is 0 Å². The fourth-order valence-electron chi connectivity index (χ4n) is 3.91. The van der Waals surface area contributed by atoms with Gasteiger partial charge in [-0.25, -0.2) is 28.3 Å². The highest BCUT2D eigenvalue weighted by Crippen LogP contribution is 2.30. The summed E-state index contributed by atoms with van der Waals surface area (Å²) in [5, 5.41) is 30.2. The summed E-state index contributed by atoms with van der Waals surface area (Å²) in [5.74, 6) is -3.53. The number of fused-ring (bicyclic) bond motifs is 1. The minimum Gasteiger partial charge on any atom is -0.481 e. The molecule has 2 aromatic heterocycles. The fraction of sp³-hybridized carbons (Fsp3) is 0.304. The van der Waals surface area contributed by atoms with Crippen LogP contribution < -0.4 is 15.8 Å². The third-order valence-corrected chi connectivity index (χ3v) is 8.02. The van der Waals surface area contributed by atoms with Gasteiger partial charge in [0.05, 0.1) is 22.8 Å². The number of primary sulfonamides is 1. The zero-order valence-electron chi connectivity index (χ0n) is 20.8. The first kappa shape index (κ1) is 27.9. The lowest BCUT2D eigenvalue weighted by Crippen LogP contribution is -2.41. The number of carbonyl (C=O) groups is 3. The van der Waals surface area contributed by atoms with Gasteiger partial charge >= 0.3 is 11.9 Å². The number of sulfonamides is 1. The van der Waals surface area contributed by atoms with Gasteiger partial charge in [0.2, 0.25) is 21.9 Å². The number of rotatable bonds is 9. The molecule has 1 aliphatic heterocycles. The number of hydrogen-bond acceptors (Lipinski definition) is 11. The number of hydrogen-bond donors (Lipinski definition) is 5. The number of nitrogens with zero attached hydrogens (tertiary/aromatic N) is 4. The lowest BCUT2D eigenvalue weighted by Gasteiger charge is -2.31. The molecule has 16 heteroatoms. The molecule has 0 radical (unpaired) electrons. The topological polar surface area (TPSA) is 218 Å². The number of thiazole rings is 1. The molecule has 3 heterocycles. The Hall–Kier alpha value is -4.15. The van der Waals surface area contributed by atoms with Gasteiger partial charge in [-0.1, -0.05) is 23.5 Å². The van der Waals surface area contributed by atoms with Gasteiger partial charge in [0, 0.05) is 25.1 Å². The molecular formula is C23H25N7O7S2. The number of carboxylic acid groups (broad SMARTS) is 2. The number of benzene rings is 1. The molecule has 0 saturated heterocycles. The second-order valence-corrected chi connectivity index (χ2v) is 11.4. The predicted molar refractivity (Wildman–Crippen MR) is 140 cm³/mol. The number of carbonyl (C=O) groups excluding carboxylic acids is 1. The molecule has 14 nitrogen and oxygen atoms in total. The molecule has 1 aromatic carbocycles. The van der Waals surface area contributed by atoms with E-state index in [0.29, 0.717) is 34.8 Å². The van der Waals surface area contributed by atoms with Crippen LogP contribution in [0.5, 0.6) is 0 Å². The Morgan fingerprint density at radius 2 is 1.85 bits per heavy atom. The number of amides is 1. The second kappa shape index (κ2) is 10.9. The number of nitrogens with two attached hydrogens (primary N) is 1. The highest BCUT2D eigenvalue weighted by atomic mass is 32.2. The van der Waals surface area contributed by atoms with Crippen molar-refractivity contribution in [1.29, 1.82) is 0 Å². The van der Waals surface area contributed by atoms with E-state index in [1.165, 1.54) is 24.0 Å². The molecule has 39 heavy (non-hydrogen) atoms. The van der Waals surface area contributed by atoms with Crippen molar-refractivity contribution < 1.29 is 33.0 Å². The van der Waals surface area contributed by atoms with Crippen LogP contribution >= 0.6 is 11.3 Å². The highest BCUT2D eigenvalue weighted by Gasteiger charge is 2.31. The Kier molecular flexibility index (Phi) is 7.80. The summed E-state index contributed by atoms with van der Waals surface area (Å²) in [5.41, 5.74) is 2.28. The molecule has 1 amide bonds. The van der Waals surface area contributed by atoms with Crippen molar-refractivity contribution in [2.75, 3.05) is 17.2 Å². The lowest BCUT2D eigenvalue weighted by molar-refractivity contribution is -0.150. The van der Waals surface area contributed by atoms with E-state index in [2.05, 4.69) is 25.6 Å². The Labute approximate surface area is 227 Å². The van der Waals surface area contributed by atoms with Crippen LogP contribution in [0.25, 0.3) is 0 Å². The zero-order chi connectivity index (χ0) is 28.5. The SMILES string of the molecule is Cc1nc(Nc2nc3c(c(NCc4ccc(S(N)(=O)=O)cc4)n2)CN(C(=O)C(C)C(=O)O)CC3)sc1C(=O)O. The summed E-state index contributed by atoms with van der Waals surface area (Å²) in [6, 6.07) is 5.95. The summed E-state index contributed by atoms with van der Waals surface area (Å²) in [6.45, 7) is 3.48.